The highest BCUT2D eigenvalue weighted by molar-refractivity contribution is 5.94. The average molecular weight is 492 g/mol. The summed E-state index contributed by atoms with van der Waals surface area (Å²) < 4.78 is 0. The third-order valence-electron chi connectivity index (χ3n) is 4.44. The van der Waals surface area contributed by atoms with E-state index in [1.165, 1.54) is 0 Å². The lowest BCUT2D eigenvalue weighted by atomic mass is 10.1. The monoisotopic (exact) mass is 491 g/mol. The molecule has 0 aliphatic heterocycles. The van der Waals surface area contributed by atoms with Gasteiger partial charge in [0.1, 0.15) is 24.2 Å². The van der Waals surface area contributed by atoms with E-state index in [1.54, 1.807) is 0 Å². The molecule has 0 aromatic heterocycles. The Morgan fingerprint density at radius 1 is 0.912 bits per heavy atom. The molecule has 3 amide bonds. The minimum Gasteiger partial charge on any atom is -0.481 e. The lowest BCUT2D eigenvalue weighted by molar-refractivity contribution is -0.144. The van der Waals surface area contributed by atoms with Gasteiger partial charge in [-0.15, -0.1) is 0 Å². The van der Waals surface area contributed by atoms with Crippen LogP contribution in [0.2, 0.25) is 0 Å². The summed E-state index contributed by atoms with van der Waals surface area (Å²) in [6.07, 6.45) is -2.27. The molecule has 0 saturated carbocycles. The van der Waals surface area contributed by atoms with Crippen LogP contribution in [-0.2, 0) is 24.0 Å². The Balaban J connectivity index is 5.45. The van der Waals surface area contributed by atoms with Gasteiger partial charge in [0, 0.05) is 13.0 Å². The van der Waals surface area contributed by atoms with Crippen molar-refractivity contribution in [2.24, 2.45) is 22.2 Å². The fraction of sp³-hybridized carbons (Fsp3) is 0.667. The van der Waals surface area contributed by atoms with E-state index in [0.717, 1.165) is 6.92 Å². The summed E-state index contributed by atoms with van der Waals surface area (Å²) in [5.74, 6) is -5.83. The molecular formula is C18H33N7O9. The Hall–Kier alpha value is -3.50. The number of carboxylic acid groups (broad SMARTS) is 2. The van der Waals surface area contributed by atoms with Crippen molar-refractivity contribution in [2.45, 2.75) is 62.9 Å². The Morgan fingerprint density at radius 3 is 1.97 bits per heavy atom. The van der Waals surface area contributed by atoms with Crippen LogP contribution in [0.25, 0.3) is 0 Å². The van der Waals surface area contributed by atoms with Crippen LogP contribution in [0.3, 0.4) is 0 Å². The largest absolute Gasteiger partial charge is 0.481 e. The van der Waals surface area contributed by atoms with Gasteiger partial charge in [-0.2, -0.15) is 0 Å². The minimum absolute atomic E-state index is 0.0169. The molecule has 16 nitrogen and oxygen atoms in total. The predicted molar refractivity (Wildman–Crippen MR) is 117 cm³/mol. The molecule has 0 saturated heterocycles. The quantitative estimate of drug-likeness (QED) is 0.0552. The van der Waals surface area contributed by atoms with Gasteiger partial charge >= 0.3 is 11.9 Å². The first-order chi connectivity index (χ1) is 15.8. The Labute approximate surface area is 194 Å². The lowest BCUT2D eigenvalue weighted by Gasteiger charge is -2.26. The van der Waals surface area contributed by atoms with E-state index in [4.69, 9.17) is 27.4 Å². The maximum absolute atomic E-state index is 12.8. The molecule has 34 heavy (non-hydrogen) atoms. The van der Waals surface area contributed by atoms with Crippen molar-refractivity contribution in [1.82, 2.24) is 16.0 Å². The molecule has 13 N–H and O–H groups in total. The molecule has 5 unspecified atom stereocenters. The number of carbonyl (C=O) groups excluding carboxylic acids is 3. The molecule has 0 aliphatic rings. The van der Waals surface area contributed by atoms with E-state index >= 15 is 0 Å². The number of carboxylic acids is 2. The molecule has 0 fully saturated rings. The number of carbonyl (C=O) groups is 5. The summed E-state index contributed by atoms with van der Waals surface area (Å²) in [5, 5.41) is 43.5. The smallest absolute Gasteiger partial charge is 0.326 e. The van der Waals surface area contributed by atoms with Gasteiger partial charge < -0.3 is 53.6 Å². The Bertz CT molecular complexity index is 756. The van der Waals surface area contributed by atoms with Crippen molar-refractivity contribution >= 4 is 35.6 Å². The normalized spacial score (nSPS) is 15.1. The first kappa shape index (κ1) is 30.5. The van der Waals surface area contributed by atoms with Crippen LogP contribution in [0.15, 0.2) is 4.99 Å². The van der Waals surface area contributed by atoms with E-state index in [-0.39, 0.29) is 25.3 Å². The molecule has 0 heterocycles. The van der Waals surface area contributed by atoms with Crippen molar-refractivity contribution < 1.29 is 44.4 Å². The summed E-state index contributed by atoms with van der Waals surface area (Å²) >= 11 is 0. The molecule has 5 atom stereocenters. The molecule has 0 aliphatic carbocycles. The van der Waals surface area contributed by atoms with Crippen molar-refractivity contribution in [3.8, 4) is 0 Å². The third-order valence-corrected chi connectivity index (χ3v) is 4.44. The molecule has 16 heteroatoms. The first-order valence-electron chi connectivity index (χ1n) is 10.3. The topological polar surface area (TPSA) is 293 Å². The number of aliphatic imine (C=N–C) groups is 1. The van der Waals surface area contributed by atoms with Crippen LogP contribution in [-0.4, -0.2) is 99.5 Å². The van der Waals surface area contributed by atoms with Crippen molar-refractivity contribution in [3.63, 3.8) is 0 Å². The van der Waals surface area contributed by atoms with Crippen LogP contribution < -0.4 is 33.2 Å². The highest BCUT2D eigenvalue weighted by Crippen LogP contribution is 2.04. The Morgan fingerprint density at radius 2 is 1.50 bits per heavy atom. The highest BCUT2D eigenvalue weighted by atomic mass is 16.4. The number of aliphatic hydroxyl groups excluding tert-OH is 2. The summed E-state index contributed by atoms with van der Waals surface area (Å²) in [5.41, 5.74) is 15.9. The fourth-order valence-electron chi connectivity index (χ4n) is 2.58. The highest BCUT2D eigenvalue weighted by Gasteiger charge is 2.32. The SMILES string of the molecule is CC(O)C(NC(=O)C(CCCN=C(N)N)NC(=O)C(N)CO)C(=O)NC(CCC(=O)O)C(=O)O. The van der Waals surface area contributed by atoms with Crippen LogP contribution in [0.1, 0.15) is 32.6 Å². The van der Waals surface area contributed by atoms with Crippen LogP contribution in [0.5, 0.6) is 0 Å². The molecule has 194 valence electrons. The summed E-state index contributed by atoms with van der Waals surface area (Å²) in [6, 6.07) is -5.81. The van der Waals surface area contributed by atoms with E-state index < -0.39 is 79.4 Å². The van der Waals surface area contributed by atoms with Crippen LogP contribution in [0, 0.1) is 0 Å². The summed E-state index contributed by atoms with van der Waals surface area (Å²) in [4.78, 5) is 63.1. The minimum atomic E-state index is -1.64. The maximum atomic E-state index is 12.8. The van der Waals surface area contributed by atoms with Crippen LogP contribution >= 0.6 is 0 Å². The van der Waals surface area contributed by atoms with Crippen molar-refractivity contribution in [2.75, 3.05) is 13.2 Å². The lowest BCUT2D eigenvalue weighted by Crippen LogP contribution is -2.60. The van der Waals surface area contributed by atoms with Gasteiger partial charge in [0.25, 0.3) is 0 Å². The van der Waals surface area contributed by atoms with Crippen molar-refractivity contribution in [1.29, 1.82) is 0 Å². The number of guanidine groups is 1. The van der Waals surface area contributed by atoms with Crippen LogP contribution in [0.4, 0.5) is 0 Å². The number of aliphatic carboxylic acids is 2. The van der Waals surface area contributed by atoms with Gasteiger partial charge in [0.2, 0.25) is 17.7 Å². The zero-order valence-corrected chi connectivity index (χ0v) is 18.6. The van der Waals surface area contributed by atoms with E-state index in [2.05, 4.69) is 20.9 Å². The first-order valence-corrected chi connectivity index (χ1v) is 10.3. The molecule has 0 rings (SSSR count). The average Bonchev–Trinajstić information content (AvgIpc) is 2.74. The fourth-order valence-corrected chi connectivity index (χ4v) is 2.58. The predicted octanol–water partition coefficient (Wildman–Crippen LogP) is -4.86. The summed E-state index contributed by atoms with van der Waals surface area (Å²) in [6.45, 7) is 0.573. The number of hydrogen-bond donors (Lipinski definition) is 10. The van der Waals surface area contributed by atoms with Gasteiger partial charge in [-0.25, -0.2) is 4.79 Å². The standard InChI is InChI=1S/C18H33N7O9/c1-8(27)13(16(32)24-11(17(33)34)4-5-12(28)29)25-15(31)10(3-2-6-22-18(20)21)23-14(30)9(19)7-26/h8-11,13,26-27H,2-7,19H2,1H3,(H,23,30)(H,24,32)(H,25,31)(H,28,29)(H,33,34)(H4,20,21,22). The third kappa shape index (κ3) is 11.9. The van der Waals surface area contributed by atoms with E-state index in [1.807, 2.05) is 0 Å². The second-order valence-electron chi connectivity index (χ2n) is 7.36. The van der Waals surface area contributed by atoms with Gasteiger partial charge in [0.15, 0.2) is 5.96 Å². The molecule has 0 aromatic carbocycles. The molecule has 0 spiro atoms. The van der Waals surface area contributed by atoms with E-state index in [0.29, 0.717) is 0 Å². The maximum Gasteiger partial charge on any atom is 0.326 e. The molecule has 0 aromatic rings. The number of hydrogen-bond acceptors (Lipinski definition) is 9. The summed E-state index contributed by atoms with van der Waals surface area (Å²) in [7, 11) is 0. The zero-order chi connectivity index (χ0) is 26.4. The second kappa shape index (κ2) is 15.4. The number of amides is 3. The van der Waals surface area contributed by atoms with Crippen molar-refractivity contribution in [3.05, 3.63) is 0 Å². The Kier molecular flexibility index (Phi) is 13.8. The number of aliphatic hydroxyl groups is 2. The number of rotatable bonds is 16. The van der Waals surface area contributed by atoms with Gasteiger partial charge in [0.05, 0.1) is 12.7 Å². The molecular weight excluding hydrogens is 458 g/mol. The van der Waals surface area contributed by atoms with Gasteiger partial charge in [-0.05, 0) is 26.2 Å². The molecule has 0 radical (unpaired) electrons. The van der Waals surface area contributed by atoms with Gasteiger partial charge in [-0.3, -0.25) is 24.2 Å². The second-order valence-corrected chi connectivity index (χ2v) is 7.36. The molecule has 0 bridgehead atoms. The number of nitrogens with two attached hydrogens (primary N) is 3. The number of nitrogens with zero attached hydrogens (tertiary/aromatic N) is 1. The van der Waals surface area contributed by atoms with E-state index in [9.17, 15) is 34.2 Å². The zero-order valence-electron chi connectivity index (χ0n) is 18.6. The van der Waals surface area contributed by atoms with Gasteiger partial charge in [-0.1, -0.05) is 0 Å². The number of nitrogens with one attached hydrogen (secondary N) is 3.